The first-order chi connectivity index (χ1) is 9.34. The molecule has 1 aliphatic carbocycles. The fraction of sp³-hybridized carbons (Fsp3) is 0.500. The summed E-state index contributed by atoms with van der Waals surface area (Å²) in [7, 11) is 0. The summed E-state index contributed by atoms with van der Waals surface area (Å²) >= 11 is 1.65. The molecule has 3 rings (SSSR count). The van der Waals surface area contributed by atoms with Crippen LogP contribution >= 0.6 is 11.8 Å². The van der Waals surface area contributed by atoms with Gasteiger partial charge >= 0.3 is 0 Å². The van der Waals surface area contributed by atoms with Gasteiger partial charge in [-0.05, 0) is 55.5 Å². The molecule has 0 aromatic heterocycles. The molecule has 1 nitrogen and oxygen atoms in total. The van der Waals surface area contributed by atoms with Crippen molar-refractivity contribution >= 4 is 11.8 Å². The van der Waals surface area contributed by atoms with Gasteiger partial charge in [-0.15, -0.1) is 11.8 Å². The molecule has 0 radical (unpaired) electrons. The third-order valence-electron chi connectivity index (χ3n) is 4.06. The highest BCUT2D eigenvalue weighted by molar-refractivity contribution is 7.99. The van der Waals surface area contributed by atoms with Crippen LogP contribution in [-0.2, 0) is 0 Å². The zero-order valence-electron chi connectivity index (χ0n) is 11.1. The van der Waals surface area contributed by atoms with Gasteiger partial charge in [-0.3, -0.25) is 0 Å². The van der Waals surface area contributed by atoms with Crippen LogP contribution in [0.15, 0.2) is 35.2 Å². The first-order valence-electron chi connectivity index (χ1n) is 7.14. The molecule has 0 amide bonds. The van der Waals surface area contributed by atoms with Crippen LogP contribution in [-0.4, -0.2) is 12.3 Å². The number of hydrogen-bond acceptors (Lipinski definition) is 2. The second kappa shape index (κ2) is 6.10. The number of thioether (sulfide) groups is 1. The normalized spacial score (nSPS) is 26.2. The second-order valence-electron chi connectivity index (χ2n) is 5.41. The first-order valence-corrected chi connectivity index (χ1v) is 8.13. The van der Waals surface area contributed by atoms with Gasteiger partial charge in [-0.1, -0.05) is 24.3 Å². The Morgan fingerprint density at radius 1 is 1.26 bits per heavy atom. The van der Waals surface area contributed by atoms with Crippen LogP contribution < -0.4 is 5.32 Å². The first kappa shape index (κ1) is 13.2. The van der Waals surface area contributed by atoms with Crippen molar-refractivity contribution in [2.45, 2.75) is 36.6 Å². The van der Waals surface area contributed by atoms with E-state index in [1.54, 1.807) is 17.8 Å². The summed E-state index contributed by atoms with van der Waals surface area (Å²) < 4.78 is 13.8. The average molecular weight is 277 g/mol. The van der Waals surface area contributed by atoms with E-state index in [-0.39, 0.29) is 5.82 Å². The van der Waals surface area contributed by atoms with E-state index in [0.29, 0.717) is 6.04 Å². The van der Waals surface area contributed by atoms with Gasteiger partial charge < -0.3 is 5.32 Å². The predicted octanol–water partition coefficient (Wildman–Crippen LogP) is 4.31. The molecular weight excluding hydrogens is 257 g/mol. The Balaban J connectivity index is 1.66. The van der Waals surface area contributed by atoms with E-state index in [9.17, 15) is 4.39 Å². The van der Waals surface area contributed by atoms with Crippen LogP contribution in [0.5, 0.6) is 0 Å². The van der Waals surface area contributed by atoms with Crippen LogP contribution in [0, 0.1) is 11.7 Å². The summed E-state index contributed by atoms with van der Waals surface area (Å²) in [6.07, 6.45) is 9.34. The van der Waals surface area contributed by atoms with Crippen LogP contribution in [0.2, 0.25) is 0 Å². The smallest absolute Gasteiger partial charge is 0.137 e. The zero-order valence-corrected chi connectivity index (χ0v) is 11.9. The molecule has 2 unspecified atom stereocenters. The van der Waals surface area contributed by atoms with Gasteiger partial charge in [0.15, 0.2) is 0 Å². The van der Waals surface area contributed by atoms with E-state index < -0.39 is 0 Å². The average Bonchev–Trinajstić information content (AvgIpc) is 2.47. The number of halogens is 1. The molecule has 1 aromatic carbocycles. The molecule has 0 saturated carbocycles. The number of hydrogen-bond donors (Lipinski definition) is 1. The zero-order chi connectivity index (χ0) is 13.1. The van der Waals surface area contributed by atoms with Gasteiger partial charge in [-0.25, -0.2) is 4.39 Å². The lowest BCUT2D eigenvalue weighted by Crippen LogP contribution is -2.30. The number of benzene rings is 1. The lowest BCUT2D eigenvalue weighted by atomic mass is 9.93. The Hall–Kier alpha value is -0.800. The Labute approximate surface area is 118 Å². The minimum atomic E-state index is -0.0606. The van der Waals surface area contributed by atoms with Crippen LogP contribution in [0.3, 0.4) is 0 Å². The molecular formula is C16H20FNS. The van der Waals surface area contributed by atoms with Gasteiger partial charge in [0.1, 0.15) is 5.82 Å². The van der Waals surface area contributed by atoms with Crippen LogP contribution in [0.4, 0.5) is 4.39 Å². The number of fused-ring (bicyclic) bond motifs is 1. The maximum Gasteiger partial charge on any atom is 0.137 e. The highest BCUT2D eigenvalue weighted by Gasteiger charge is 2.23. The van der Waals surface area contributed by atoms with Crippen molar-refractivity contribution in [2.24, 2.45) is 5.92 Å². The maximum atomic E-state index is 13.8. The number of nitrogens with one attached hydrogen (secondary N) is 1. The topological polar surface area (TPSA) is 12.0 Å². The van der Waals surface area contributed by atoms with Crippen molar-refractivity contribution in [1.29, 1.82) is 0 Å². The molecule has 3 heteroatoms. The molecule has 0 fully saturated rings. The fourth-order valence-electron chi connectivity index (χ4n) is 2.95. The van der Waals surface area contributed by atoms with E-state index in [0.717, 1.165) is 35.1 Å². The van der Waals surface area contributed by atoms with Crippen molar-refractivity contribution in [3.63, 3.8) is 0 Å². The van der Waals surface area contributed by atoms with Gasteiger partial charge in [0.2, 0.25) is 0 Å². The highest BCUT2D eigenvalue weighted by atomic mass is 32.2. The Morgan fingerprint density at radius 3 is 3.05 bits per heavy atom. The largest absolute Gasteiger partial charge is 0.310 e. The van der Waals surface area contributed by atoms with Gasteiger partial charge in [0, 0.05) is 10.9 Å². The Morgan fingerprint density at radius 2 is 2.21 bits per heavy atom. The lowest BCUT2D eigenvalue weighted by molar-refractivity contribution is 0.396. The summed E-state index contributed by atoms with van der Waals surface area (Å²) in [6, 6.07) is 5.80. The molecule has 0 bridgehead atoms. The number of rotatable bonds is 3. The molecule has 0 spiro atoms. The molecule has 0 saturated heterocycles. The number of allylic oxidation sites excluding steroid dienone is 2. The molecule has 2 aliphatic rings. The van der Waals surface area contributed by atoms with Crippen molar-refractivity contribution in [3.05, 3.63) is 41.7 Å². The monoisotopic (exact) mass is 277 g/mol. The quantitative estimate of drug-likeness (QED) is 0.826. The predicted molar refractivity (Wildman–Crippen MR) is 79.0 cm³/mol. The fourth-order valence-corrected chi connectivity index (χ4v) is 4.09. The van der Waals surface area contributed by atoms with E-state index in [1.165, 1.54) is 19.3 Å². The van der Waals surface area contributed by atoms with Crippen molar-refractivity contribution in [2.75, 3.05) is 12.3 Å². The lowest BCUT2D eigenvalue weighted by Gasteiger charge is -2.28. The van der Waals surface area contributed by atoms with Crippen molar-refractivity contribution < 1.29 is 4.39 Å². The SMILES string of the molecule is Fc1cccc2c1SCCC2NCC1CC=CCC1. The highest BCUT2D eigenvalue weighted by Crippen LogP contribution is 2.37. The molecule has 1 N–H and O–H groups in total. The molecule has 102 valence electrons. The molecule has 1 aromatic rings. The van der Waals surface area contributed by atoms with E-state index >= 15 is 0 Å². The third-order valence-corrected chi connectivity index (χ3v) is 5.22. The van der Waals surface area contributed by atoms with E-state index in [2.05, 4.69) is 23.5 Å². The molecule has 19 heavy (non-hydrogen) atoms. The molecule has 2 atom stereocenters. The second-order valence-corrected chi connectivity index (χ2v) is 6.51. The summed E-state index contributed by atoms with van der Waals surface area (Å²) in [5, 5.41) is 3.66. The summed E-state index contributed by atoms with van der Waals surface area (Å²) in [6.45, 7) is 1.05. The molecule has 1 aliphatic heterocycles. The standard InChI is InChI=1S/C16H20FNS/c17-14-8-4-7-13-15(9-10-19-16(13)14)18-11-12-5-2-1-3-6-12/h1-2,4,7-8,12,15,18H,3,5-6,9-11H2. The van der Waals surface area contributed by atoms with Gasteiger partial charge in [0.25, 0.3) is 0 Å². The van der Waals surface area contributed by atoms with Crippen molar-refractivity contribution in [1.82, 2.24) is 5.32 Å². The Bertz CT molecular complexity index is 472. The Kier molecular flexibility index (Phi) is 4.24. The van der Waals surface area contributed by atoms with Crippen LogP contribution in [0.1, 0.15) is 37.3 Å². The molecule has 1 heterocycles. The van der Waals surface area contributed by atoms with Gasteiger partial charge in [0.05, 0.1) is 0 Å². The van der Waals surface area contributed by atoms with E-state index in [4.69, 9.17) is 0 Å². The summed E-state index contributed by atoms with van der Waals surface area (Å²) in [5.41, 5.74) is 1.16. The van der Waals surface area contributed by atoms with E-state index in [1.807, 2.05) is 6.07 Å². The van der Waals surface area contributed by atoms with Gasteiger partial charge in [-0.2, -0.15) is 0 Å². The minimum absolute atomic E-state index is 0.0606. The van der Waals surface area contributed by atoms with Crippen LogP contribution in [0.25, 0.3) is 0 Å². The summed E-state index contributed by atoms with van der Waals surface area (Å²) in [5.74, 6) is 1.70. The minimum Gasteiger partial charge on any atom is -0.310 e. The maximum absolute atomic E-state index is 13.8. The summed E-state index contributed by atoms with van der Waals surface area (Å²) in [4.78, 5) is 0.856. The third kappa shape index (κ3) is 3.03. The van der Waals surface area contributed by atoms with Crippen molar-refractivity contribution in [3.8, 4) is 0 Å².